The van der Waals surface area contributed by atoms with E-state index < -0.39 is 0 Å². The molecule has 0 saturated carbocycles. The molecule has 0 heterocycles. The summed E-state index contributed by atoms with van der Waals surface area (Å²) in [5.41, 5.74) is 5.30. The molecule has 4 heteroatoms. The quantitative estimate of drug-likeness (QED) is 0.487. The van der Waals surface area contributed by atoms with Crippen LogP contribution in [0.4, 0.5) is 0 Å². The summed E-state index contributed by atoms with van der Waals surface area (Å²) in [5, 5.41) is 0. The SMILES string of the molecule is CCCC(CC)CCOCCOCCOCCN. The second-order valence-corrected chi connectivity index (χ2v) is 4.48. The fourth-order valence-corrected chi connectivity index (χ4v) is 1.84. The highest BCUT2D eigenvalue weighted by atomic mass is 16.5. The second-order valence-electron chi connectivity index (χ2n) is 4.48. The zero-order valence-electron chi connectivity index (χ0n) is 12.2. The molecule has 0 aliphatic heterocycles. The van der Waals surface area contributed by atoms with Gasteiger partial charge in [0.15, 0.2) is 0 Å². The Morgan fingerprint density at radius 1 is 0.778 bits per heavy atom. The van der Waals surface area contributed by atoms with Crippen LogP contribution in [0.2, 0.25) is 0 Å². The lowest BCUT2D eigenvalue weighted by atomic mass is 9.98. The molecule has 4 nitrogen and oxygen atoms in total. The molecule has 0 saturated heterocycles. The van der Waals surface area contributed by atoms with Crippen LogP contribution in [0.5, 0.6) is 0 Å². The van der Waals surface area contributed by atoms with Gasteiger partial charge in [0.2, 0.25) is 0 Å². The molecule has 1 unspecified atom stereocenters. The zero-order chi connectivity index (χ0) is 13.5. The molecule has 0 fully saturated rings. The van der Waals surface area contributed by atoms with E-state index in [1.54, 1.807) is 0 Å². The molecule has 0 radical (unpaired) electrons. The maximum absolute atomic E-state index is 5.55. The number of nitrogens with two attached hydrogens (primary N) is 1. The summed E-state index contributed by atoms with van der Waals surface area (Å²) >= 11 is 0. The Hall–Kier alpha value is -0.160. The maximum atomic E-state index is 5.55. The Kier molecular flexibility index (Phi) is 14.8. The molecular weight excluding hydrogens is 230 g/mol. The van der Waals surface area contributed by atoms with Gasteiger partial charge in [-0.3, -0.25) is 0 Å². The second kappa shape index (κ2) is 14.9. The molecule has 0 aliphatic rings. The summed E-state index contributed by atoms with van der Waals surface area (Å²) in [7, 11) is 0. The first kappa shape index (κ1) is 17.8. The minimum absolute atomic E-state index is 0.569. The first-order valence-corrected chi connectivity index (χ1v) is 7.28. The van der Waals surface area contributed by atoms with Crippen LogP contribution in [0.15, 0.2) is 0 Å². The predicted octanol–water partition coefficient (Wildman–Crippen LogP) is 2.21. The lowest BCUT2D eigenvalue weighted by Crippen LogP contribution is -2.14. The van der Waals surface area contributed by atoms with Gasteiger partial charge in [-0.25, -0.2) is 0 Å². The van der Waals surface area contributed by atoms with Gasteiger partial charge in [0.1, 0.15) is 0 Å². The normalized spacial score (nSPS) is 12.8. The molecule has 0 aliphatic carbocycles. The van der Waals surface area contributed by atoms with Crippen molar-refractivity contribution in [1.29, 1.82) is 0 Å². The van der Waals surface area contributed by atoms with Crippen LogP contribution in [0.3, 0.4) is 0 Å². The first-order valence-electron chi connectivity index (χ1n) is 7.28. The van der Waals surface area contributed by atoms with Crippen LogP contribution in [0.25, 0.3) is 0 Å². The van der Waals surface area contributed by atoms with Crippen molar-refractivity contribution < 1.29 is 14.2 Å². The van der Waals surface area contributed by atoms with Crippen LogP contribution in [-0.2, 0) is 14.2 Å². The molecule has 1 atom stereocenters. The standard InChI is InChI=1S/C14H31NO3/c1-3-5-14(4-2)6-8-16-10-12-18-13-11-17-9-7-15/h14H,3-13,15H2,1-2H3. The maximum Gasteiger partial charge on any atom is 0.0701 e. The van der Waals surface area contributed by atoms with Gasteiger partial charge >= 0.3 is 0 Å². The van der Waals surface area contributed by atoms with Crippen molar-refractivity contribution in [1.82, 2.24) is 0 Å². The average molecular weight is 261 g/mol. The van der Waals surface area contributed by atoms with Crippen LogP contribution in [0, 0.1) is 5.92 Å². The summed E-state index contributed by atoms with van der Waals surface area (Å²) in [5.74, 6) is 0.820. The van der Waals surface area contributed by atoms with Crippen molar-refractivity contribution in [3.63, 3.8) is 0 Å². The van der Waals surface area contributed by atoms with E-state index in [0.29, 0.717) is 39.6 Å². The van der Waals surface area contributed by atoms with Gasteiger partial charge in [0.25, 0.3) is 0 Å². The van der Waals surface area contributed by atoms with Crippen LogP contribution >= 0.6 is 0 Å². The van der Waals surface area contributed by atoms with Crippen molar-refractivity contribution in [3.05, 3.63) is 0 Å². The van der Waals surface area contributed by atoms with E-state index in [9.17, 15) is 0 Å². The predicted molar refractivity (Wildman–Crippen MR) is 74.8 cm³/mol. The Labute approximate surface area is 112 Å². The number of ether oxygens (including phenoxy) is 3. The van der Waals surface area contributed by atoms with Gasteiger partial charge in [-0.15, -0.1) is 0 Å². The third-order valence-electron chi connectivity index (χ3n) is 2.95. The molecule has 0 spiro atoms. The summed E-state index contributed by atoms with van der Waals surface area (Å²) in [6.07, 6.45) is 5.01. The summed E-state index contributed by atoms with van der Waals surface area (Å²) in [4.78, 5) is 0. The highest BCUT2D eigenvalue weighted by molar-refractivity contribution is 4.55. The molecule has 110 valence electrons. The topological polar surface area (TPSA) is 53.7 Å². The van der Waals surface area contributed by atoms with Crippen LogP contribution < -0.4 is 5.73 Å². The van der Waals surface area contributed by atoms with E-state index in [4.69, 9.17) is 19.9 Å². The summed E-state index contributed by atoms with van der Waals surface area (Å²) in [6, 6.07) is 0. The smallest absolute Gasteiger partial charge is 0.0701 e. The van der Waals surface area contributed by atoms with Crippen molar-refractivity contribution in [2.24, 2.45) is 11.7 Å². The van der Waals surface area contributed by atoms with Crippen molar-refractivity contribution in [2.45, 2.75) is 39.5 Å². The molecule has 0 aromatic rings. The molecule has 0 amide bonds. The minimum atomic E-state index is 0.569. The Bertz CT molecular complexity index is 156. The van der Waals surface area contributed by atoms with E-state index >= 15 is 0 Å². The Balaban J connectivity index is 3.10. The Morgan fingerprint density at radius 2 is 1.33 bits per heavy atom. The van der Waals surface area contributed by atoms with Gasteiger partial charge < -0.3 is 19.9 Å². The molecule has 0 aromatic heterocycles. The van der Waals surface area contributed by atoms with Gasteiger partial charge in [-0.2, -0.15) is 0 Å². The third-order valence-corrected chi connectivity index (χ3v) is 2.95. The van der Waals surface area contributed by atoms with Gasteiger partial charge in [-0.1, -0.05) is 33.1 Å². The first-order chi connectivity index (χ1) is 8.85. The van der Waals surface area contributed by atoms with Crippen LogP contribution in [0.1, 0.15) is 39.5 Å². The Morgan fingerprint density at radius 3 is 1.83 bits per heavy atom. The summed E-state index contributed by atoms with van der Waals surface area (Å²) < 4.78 is 16.1. The summed E-state index contributed by atoms with van der Waals surface area (Å²) in [6.45, 7) is 9.09. The largest absolute Gasteiger partial charge is 0.379 e. The lowest BCUT2D eigenvalue weighted by molar-refractivity contribution is 0.0134. The van der Waals surface area contributed by atoms with Crippen molar-refractivity contribution in [3.8, 4) is 0 Å². The monoisotopic (exact) mass is 261 g/mol. The molecular formula is C14H31NO3. The van der Waals surface area contributed by atoms with Gasteiger partial charge in [-0.05, 0) is 12.3 Å². The lowest BCUT2D eigenvalue weighted by Gasteiger charge is -2.13. The minimum Gasteiger partial charge on any atom is -0.379 e. The van der Waals surface area contributed by atoms with E-state index in [0.717, 1.165) is 12.5 Å². The van der Waals surface area contributed by atoms with E-state index in [1.807, 2.05) is 0 Å². The van der Waals surface area contributed by atoms with E-state index in [-0.39, 0.29) is 0 Å². The number of hydrogen-bond acceptors (Lipinski definition) is 4. The van der Waals surface area contributed by atoms with Crippen molar-refractivity contribution in [2.75, 3.05) is 46.2 Å². The molecule has 0 aromatic carbocycles. The van der Waals surface area contributed by atoms with E-state index in [1.165, 1.54) is 25.7 Å². The molecule has 2 N–H and O–H groups in total. The molecule has 18 heavy (non-hydrogen) atoms. The number of rotatable bonds is 14. The van der Waals surface area contributed by atoms with Crippen molar-refractivity contribution >= 4 is 0 Å². The average Bonchev–Trinajstić information content (AvgIpc) is 2.39. The fraction of sp³-hybridized carbons (Fsp3) is 1.00. The highest BCUT2D eigenvalue weighted by Crippen LogP contribution is 2.14. The molecule has 0 rings (SSSR count). The third kappa shape index (κ3) is 12.3. The zero-order valence-corrected chi connectivity index (χ0v) is 12.2. The highest BCUT2D eigenvalue weighted by Gasteiger charge is 2.04. The van der Waals surface area contributed by atoms with Gasteiger partial charge in [0.05, 0.1) is 33.0 Å². The fourth-order valence-electron chi connectivity index (χ4n) is 1.84. The van der Waals surface area contributed by atoms with Crippen LogP contribution in [-0.4, -0.2) is 46.2 Å². The van der Waals surface area contributed by atoms with E-state index in [2.05, 4.69) is 13.8 Å². The molecule has 0 bridgehead atoms. The number of hydrogen-bond donors (Lipinski definition) is 1. The van der Waals surface area contributed by atoms with Gasteiger partial charge in [0, 0.05) is 13.2 Å².